The van der Waals surface area contributed by atoms with Crippen molar-refractivity contribution < 1.29 is 9.53 Å². The minimum absolute atomic E-state index is 0.457. The van der Waals surface area contributed by atoms with Crippen LogP contribution in [0.2, 0.25) is 0 Å². The van der Waals surface area contributed by atoms with E-state index in [1.165, 1.54) is 0 Å². The highest BCUT2D eigenvalue weighted by atomic mass is 127. The third-order valence-electron chi connectivity index (χ3n) is 1.71. The SMILES string of the molecule is CCn1ncc(NC(=O)OC(C)(C)C)c1I. The number of carbonyl (C=O) groups is 1. The second kappa shape index (κ2) is 5.03. The first-order valence-electron chi connectivity index (χ1n) is 5.05. The Kier molecular flexibility index (Phi) is 4.17. The summed E-state index contributed by atoms with van der Waals surface area (Å²) in [4.78, 5) is 11.5. The van der Waals surface area contributed by atoms with Gasteiger partial charge in [0.05, 0.1) is 11.9 Å². The summed E-state index contributed by atoms with van der Waals surface area (Å²) in [6.45, 7) is 8.24. The fourth-order valence-corrected chi connectivity index (χ4v) is 1.83. The van der Waals surface area contributed by atoms with Crippen LogP contribution in [-0.2, 0) is 11.3 Å². The summed E-state index contributed by atoms with van der Waals surface area (Å²) in [5.41, 5.74) is 0.188. The van der Waals surface area contributed by atoms with Gasteiger partial charge in [-0.3, -0.25) is 10.00 Å². The van der Waals surface area contributed by atoms with Gasteiger partial charge in [0.15, 0.2) is 0 Å². The Morgan fingerprint density at radius 3 is 2.69 bits per heavy atom. The summed E-state index contributed by atoms with van der Waals surface area (Å²) < 4.78 is 7.84. The smallest absolute Gasteiger partial charge is 0.412 e. The molecule has 16 heavy (non-hydrogen) atoms. The van der Waals surface area contributed by atoms with Crippen LogP contribution in [0.25, 0.3) is 0 Å². The molecule has 0 aromatic carbocycles. The molecule has 6 heteroatoms. The first-order chi connectivity index (χ1) is 7.33. The molecule has 1 heterocycles. The predicted octanol–water partition coefficient (Wildman–Crippen LogP) is 2.85. The standard InChI is InChI=1S/C10H16IN3O2/c1-5-14-8(11)7(6-12-14)13-9(15)16-10(2,3)4/h6H,5H2,1-4H3,(H,13,15). The van der Waals surface area contributed by atoms with Gasteiger partial charge in [0.1, 0.15) is 9.30 Å². The molecule has 0 bridgehead atoms. The van der Waals surface area contributed by atoms with Crippen molar-refractivity contribution in [1.82, 2.24) is 9.78 Å². The second-order valence-corrected chi connectivity index (χ2v) is 5.31. The van der Waals surface area contributed by atoms with Crippen LogP contribution < -0.4 is 5.32 Å². The zero-order valence-electron chi connectivity index (χ0n) is 9.87. The molecule has 90 valence electrons. The fourth-order valence-electron chi connectivity index (χ4n) is 1.09. The van der Waals surface area contributed by atoms with Gasteiger partial charge in [0, 0.05) is 6.54 Å². The van der Waals surface area contributed by atoms with Crippen molar-refractivity contribution >= 4 is 34.4 Å². The van der Waals surface area contributed by atoms with E-state index in [4.69, 9.17) is 4.74 Å². The molecule has 0 unspecified atom stereocenters. The summed E-state index contributed by atoms with van der Waals surface area (Å²) in [5.74, 6) is 0. The molecule has 0 spiro atoms. The van der Waals surface area contributed by atoms with Gasteiger partial charge in [-0.1, -0.05) is 0 Å². The van der Waals surface area contributed by atoms with Crippen LogP contribution in [0.15, 0.2) is 6.20 Å². The Labute approximate surface area is 109 Å². The Balaban J connectivity index is 2.67. The number of nitrogens with one attached hydrogen (secondary N) is 1. The van der Waals surface area contributed by atoms with Gasteiger partial charge < -0.3 is 4.74 Å². The molecule has 1 amide bonds. The third kappa shape index (κ3) is 3.66. The number of nitrogens with zero attached hydrogens (tertiary/aromatic N) is 2. The van der Waals surface area contributed by atoms with Crippen molar-refractivity contribution in [3.63, 3.8) is 0 Å². The summed E-state index contributed by atoms with van der Waals surface area (Å²) in [7, 11) is 0. The van der Waals surface area contributed by atoms with Crippen molar-refractivity contribution in [3.05, 3.63) is 9.90 Å². The van der Waals surface area contributed by atoms with Gasteiger partial charge in [-0.15, -0.1) is 0 Å². The Hall–Kier alpha value is -0.790. The zero-order valence-corrected chi connectivity index (χ0v) is 12.0. The van der Waals surface area contributed by atoms with E-state index in [9.17, 15) is 4.79 Å². The third-order valence-corrected chi connectivity index (χ3v) is 2.85. The maximum Gasteiger partial charge on any atom is 0.412 e. The Morgan fingerprint density at radius 2 is 2.25 bits per heavy atom. The first-order valence-corrected chi connectivity index (χ1v) is 6.12. The molecule has 1 N–H and O–H groups in total. The summed E-state index contributed by atoms with van der Waals surface area (Å²) in [6, 6.07) is 0. The lowest BCUT2D eigenvalue weighted by molar-refractivity contribution is 0.0636. The van der Waals surface area contributed by atoms with Gasteiger partial charge in [-0.05, 0) is 50.3 Å². The summed E-state index contributed by atoms with van der Waals surface area (Å²) >= 11 is 2.14. The number of aryl methyl sites for hydroxylation is 1. The molecule has 1 aromatic heterocycles. The maximum absolute atomic E-state index is 11.5. The monoisotopic (exact) mass is 337 g/mol. The van der Waals surface area contributed by atoms with Gasteiger partial charge in [0.2, 0.25) is 0 Å². The van der Waals surface area contributed by atoms with E-state index in [0.717, 1.165) is 10.2 Å². The average Bonchev–Trinajstić information content (AvgIpc) is 2.44. The van der Waals surface area contributed by atoms with Crippen LogP contribution in [-0.4, -0.2) is 21.5 Å². The molecule has 5 nitrogen and oxygen atoms in total. The molecule has 0 aliphatic heterocycles. The topological polar surface area (TPSA) is 56.2 Å². The van der Waals surface area contributed by atoms with Crippen molar-refractivity contribution in [2.45, 2.75) is 39.8 Å². The molecule has 0 atom stereocenters. The molecule has 0 saturated carbocycles. The van der Waals surface area contributed by atoms with Gasteiger partial charge in [-0.25, -0.2) is 4.79 Å². The summed E-state index contributed by atoms with van der Waals surface area (Å²) in [5, 5.41) is 6.79. The molecule has 0 fully saturated rings. The highest BCUT2D eigenvalue weighted by Gasteiger charge is 2.18. The Bertz CT molecular complexity index is 382. The lowest BCUT2D eigenvalue weighted by Gasteiger charge is -2.19. The van der Waals surface area contributed by atoms with E-state index in [0.29, 0.717) is 5.69 Å². The fraction of sp³-hybridized carbons (Fsp3) is 0.600. The number of hydrogen-bond acceptors (Lipinski definition) is 3. The van der Waals surface area contributed by atoms with Crippen LogP contribution >= 0.6 is 22.6 Å². The van der Waals surface area contributed by atoms with Crippen molar-refractivity contribution in [2.75, 3.05) is 5.32 Å². The van der Waals surface area contributed by atoms with Crippen LogP contribution in [0.4, 0.5) is 10.5 Å². The molecule has 0 aliphatic carbocycles. The van der Waals surface area contributed by atoms with Gasteiger partial charge in [-0.2, -0.15) is 5.10 Å². The highest BCUT2D eigenvalue weighted by Crippen LogP contribution is 2.18. The number of amides is 1. The largest absolute Gasteiger partial charge is 0.444 e. The van der Waals surface area contributed by atoms with E-state index in [-0.39, 0.29) is 0 Å². The van der Waals surface area contributed by atoms with Crippen LogP contribution in [0.5, 0.6) is 0 Å². The molecule has 0 radical (unpaired) electrons. The molecule has 0 saturated heterocycles. The zero-order chi connectivity index (χ0) is 12.3. The van der Waals surface area contributed by atoms with Crippen LogP contribution in [0.1, 0.15) is 27.7 Å². The van der Waals surface area contributed by atoms with Crippen molar-refractivity contribution in [3.8, 4) is 0 Å². The minimum atomic E-state index is -0.490. The van der Waals surface area contributed by atoms with Gasteiger partial charge >= 0.3 is 6.09 Å². The number of hydrogen-bond donors (Lipinski definition) is 1. The molecular formula is C10H16IN3O2. The van der Waals surface area contributed by atoms with Crippen molar-refractivity contribution in [2.24, 2.45) is 0 Å². The average molecular weight is 337 g/mol. The number of anilines is 1. The molecule has 1 aromatic rings. The number of aromatic nitrogens is 2. The van der Waals surface area contributed by atoms with Crippen molar-refractivity contribution in [1.29, 1.82) is 0 Å². The van der Waals surface area contributed by atoms with E-state index in [1.54, 1.807) is 10.9 Å². The Morgan fingerprint density at radius 1 is 1.62 bits per heavy atom. The normalized spacial score (nSPS) is 11.3. The number of halogens is 1. The highest BCUT2D eigenvalue weighted by molar-refractivity contribution is 14.1. The lowest BCUT2D eigenvalue weighted by Crippen LogP contribution is -2.27. The number of rotatable bonds is 2. The summed E-state index contributed by atoms with van der Waals surface area (Å²) in [6.07, 6.45) is 1.16. The number of ether oxygens (including phenoxy) is 1. The number of carbonyl (C=O) groups excluding carboxylic acids is 1. The minimum Gasteiger partial charge on any atom is -0.444 e. The van der Waals surface area contributed by atoms with E-state index < -0.39 is 11.7 Å². The maximum atomic E-state index is 11.5. The predicted molar refractivity (Wildman–Crippen MR) is 70.5 cm³/mol. The first kappa shape index (κ1) is 13.3. The van der Waals surface area contributed by atoms with E-state index in [1.807, 2.05) is 27.7 Å². The van der Waals surface area contributed by atoms with Crippen LogP contribution in [0.3, 0.4) is 0 Å². The quantitative estimate of drug-likeness (QED) is 0.845. The molecule has 1 rings (SSSR count). The lowest BCUT2D eigenvalue weighted by atomic mass is 10.2. The molecular weight excluding hydrogens is 321 g/mol. The van der Waals surface area contributed by atoms with Crippen LogP contribution in [0, 0.1) is 3.70 Å². The van der Waals surface area contributed by atoms with E-state index >= 15 is 0 Å². The molecule has 0 aliphatic rings. The van der Waals surface area contributed by atoms with E-state index in [2.05, 4.69) is 33.0 Å². The second-order valence-electron chi connectivity index (χ2n) is 4.29. The van der Waals surface area contributed by atoms with Gasteiger partial charge in [0.25, 0.3) is 0 Å².